The summed E-state index contributed by atoms with van der Waals surface area (Å²) in [6.07, 6.45) is -0.731. The summed E-state index contributed by atoms with van der Waals surface area (Å²) in [5.41, 5.74) is 0. The molecule has 0 aromatic heterocycles. The van der Waals surface area contributed by atoms with Gasteiger partial charge in [0, 0.05) is 5.26 Å². The summed E-state index contributed by atoms with van der Waals surface area (Å²) in [5, 5.41) is 9.31. The standard InChI is InChI=1S/C5H9O4/c1-3-4(2)8-5(6)9-7/h4H,3H2,1-2H3. The number of carbonyl (C=O) groups excluding carboxylic acids is 1. The second-order valence-corrected chi connectivity index (χ2v) is 1.67. The Morgan fingerprint density at radius 3 is 2.56 bits per heavy atom. The Kier molecular flexibility index (Phi) is 3.79. The Balaban J connectivity index is 3.34. The zero-order chi connectivity index (χ0) is 7.28. The summed E-state index contributed by atoms with van der Waals surface area (Å²) in [6, 6.07) is 0. The molecule has 1 atom stereocenters. The molecular formula is C5H9O4. The maximum Gasteiger partial charge on any atom is 0.542 e. The van der Waals surface area contributed by atoms with E-state index < -0.39 is 6.16 Å². The minimum atomic E-state index is -1.16. The van der Waals surface area contributed by atoms with Crippen LogP contribution in [0.15, 0.2) is 0 Å². The van der Waals surface area contributed by atoms with Gasteiger partial charge in [0.1, 0.15) is 6.10 Å². The van der Waals surface area contributed by atoms with Crippen molar-refractivity contribution in [1.29, 1.82) is 0 Å². The van der Waals surface area contributed by atoms with Crippen LogP contribution in [0.3, 0.4) is 0 Å². The third-order valence-corrected chi connectivity index (χ3v) is 0.940. The Labute approximate surface area is 53.3 Å². The van der Waals surface area contributed by atoms with Crippen LogP contribution in [-0.4, -0.2) is 12.3 Å². The topological polar surface area (TPSA) is 55.4 Å². The first-order valence-corrected chi connectivity index (χ1v) is 2.71. The quantitative estimate of drug-likeness (QED) is 0.324. The lowest BCUT2D eigenvalue weighted by atomic mass is 10.3. The summed E-state index contributed by atoms with van der Waals surface area (Å²) in [7, 11) is 0. The van der Waals surface area contributed by atoms with Crippen LogP contribution in [0, 0.1) is 0 Å². The van der Waals surface area contributed by atoms with Gasteiger partial charge in [-0.3, -0.25) is 0 Å². The van der Waals surface area contributed by atoms with Gasteiger partial charge in [-0.05, 0) is 13.3 Å². The van der Waals surface area contributed by atoms with E-state index in [1.54, 1.807) is 6.92 Å². The molecule has 0 spiro atoms. The Morgan fingerprint density at radius 2 is 2.22 bits per heavy atom. The minimum absolute atomic E-state index is 0.244. The molecule has 1 radical (unpaired) electrons. The largest absolute Gasteiger partial charge is 0.542 e. The molecule has 0 aliphatic carbocycles. The average molecular weight is 133 g/mol. The van der Waals surface area contributed by atoms with Crippen molar-refractivity contribution in [3.05, 3.63) is 0 Å². The third kappa shape index (κ3) is 3.78. The van der Waals surface area contributed by atoms with Crippen molar-refractivity contribution in [1.82, 2.24) is 0 Å². The van der Waals surface area contributed by atoms with E-state index in [9.17, 15) is 10.1 Å². The van der Waals surface area contributed by atoms with Gasteiger partial charge in [0.2, 0.25) is 0 Å². The Bertz CT molecular complexity index is 91.0. The Hall–Kier alpha value is -0.770. The van der Waals surface area contributed by atoms with E-state index in [4.69, 9.17) is 0 Å². The molecule has 0 bridgehead atoms. The first-order chi connectivity index (χ1) is 4.20. The van der Waals surface area contributed by atoms with Crippen molar-refractivity contribution >= 4 is 6.16 Å². The van der Waals surface area contributed by atoms with Crippen molar-refractivity contribution in [2.45, 2.75) is 26.4 Å². The molecule has 0 saturated heterocycles. The highest BCUT2D eigenvalue weighted by molar-refractivity contribution is 5.58. The number of rotatable bonds is 2. The van der Waals surface area contributed by atoms with Gasteiger partial charge in [-0.2, -0.15) is 0 Å². The molecule has 4 heteroatoms. The summed E-state index contributed by atoms with van der Waals surface area (Å²) >= 11 is 0. The molecule has 0 amide bonds. The fraction of sp³-hybridized carbons (Fsp3) is 0.800. The summed E-state index contributed by atoms with van der Waals surface area (Å²) < 4.78 is 4.38. The fourth-order valence-corrected chi connectivity index (χ4v) is 0.267. The Morgan fingerprint density at radius 1 is 1.67 bits per heavy atom. The maximum atomic E-state index is 10.0. The number of hydrogen-bond acceptors (Lipinski definition) is 3. The van der Waals surface area contributed by atoms with E-state index in [-0.39, 0.29) is 6.10 Å². The van der Waals surface area contributed by atoms with Gasteiger partial charge in [-0.1, -0.05) is 6.92 Å². The van der Waals surface area contributed by atoms with Gasteiger partial charge in [0.25, 0.3) is 0 Å². The van der Waals surface area contributed by atoms with Gasteiger partial charge in [0.15, 0.2) is 0 Å². The second kappa shape index (κ2) is 4.14. The predicted molar refractivity (Wildman–Crippen MR) is 28.0 cm³/mol. The number of ether oxygens (including phenoxy) is 1. The molecule has 0 rings (SSSR count). The SMILES string of the molecule is CCC(C)OC(=O)O[O]. The lowest BCUT2D eigenvalue weighted by Gasteiger charge is -2.05. The third-order valence-electron chi connectivity index (χ3n) is 0.940. The minimum Gasteiger partial charge on any atom is -0.429 e. The first kappa shape index (κ1) is 8.23. The van der Waals surface area contributed by atoms with Crippen LogP contribution in [0.2, 0.25) is 0 Å². The van der Waals surface area contributed by atoms with Crippen molar-refractivity contribution < 1.29 is 19.7 Å². The molecule has 0 N–H and O–H groups in total. The molecule has 0 aliphatic heterocycles. The molecule has 0 heterocycles. The van der Waals surface area contributed by atoms with Crippen LogP contribution < -0.4 is 0 Å². The van der Waals surface area contributed by atoms with Crippen LogP contribution >= 0.6 is 0 Å². The molecule has 1 unspecified atom stereocenters. The van der Waals surface area contributed by atoms with Crippen LogP contribution in [0.1, 0.15) is 20.3 Å². The molecule has 0 saturated carbocycles. The summed E-state index contributed by atoms with van der Waals surface area (Å²) in [5.74, 6) is 0. The predicted octanol–water partition coefficient (Wildman–Crippen LogP) is 1.28. The van der Waals surface area contributed by atoms with Crippen LogP contribution in [0.5, 0.6) is 0 Å². The van der Waals surface area contributed by atoms with E-state index in [0.717, 1.165) is 0 Å². The lowest BCUT2D eigenvalue weighted by molar-refractivity contribution is -0.263. The molecular weight excluding hydrogens is 124 g/mol. The second-order valence-electron chi connectivity index (χ2n) is 1.67. The van der Waals surface area contributed by atoms with E-state index in [0.29, 0.717) is 6.42 Å². The molecule has 4 nitrogen and oxygen atoms in total. The van der Waals surface area contributed by atoms with Crippen LogP contribution in [0.25, 0.3) is 0 Å². The van der Waals surface area contributed by atoms with Gasteiger partial charge in [-0.25, -0.2) is 9.68 Å². The van der Waals surface area contributed by atoms with E-state index in [2.05, 4.69) is 9.62 Å². The van der Waals surface area contributed by atoms with Crippen LogP contribution in [0.4, 0.5) is 4.79 Å². The monoisotopic (exact) mass is 133 g/mol. The smallest absolute Gasteiger partial charge is 0.429 e. The summed E-state index contributed by atoms with van der Waals surface area (Å²) in [6.45, 7) is 3.51. The van der Waals surface area contributed by atoms with E-state index >= 15 is 0 Å². The zero-order valence-corrected chi connectivity index (χ0v) is 5.42. The highest BCUT2D eigenvalue weighted by Gasteiger charge is 2.07. The fourth-order valence-electron chi connectivity index (χ4n) is 0.267. The average Bonchev–Trinajstić information content (AvgIpc) is 1.87. The lowest BCUT2D eigenvalue weighted by Crippen LogP contribution is -2.12. The first-order valence-electron chi connectivity index (χ1n) is 2.71. The highest BCUT2D eigenvalue weighted by atomic mass is 17.1. The van der Waals surface area contributed by atoms with Gasteiger partial charge in [0.05, 0.1) is 0 Å². The van der Waals surface area contributed by atoms with Crippen molar-refractivity contribution in [2.75, 3.05) is 0 Å². The molecule has 0 aliphatic rings. The molecule has 0 aromatic rings. The summed E-state index contributed by atoms with van der Waals surface area (Å²) in [4.78, 5) is 13.0. The number of hydrogen-bond donors (Lipinski definition) is 0. The zero-order valence-electron chi connectivity index (χ0n) is 5.42. The van der Waals surface area contributed by atoms with E-state index in [1.807, 2.05) is 6.92 Å². The highest BCUT2D eigenvalue weighted by Crippen LogP contribution is 1.96. The van der Waals surface area contributed by atoms with Gasteiger partial charge < -0.3 is 4.74 Å². The van der Waals surface area contributed by atoms with Crippen molar-refractivity contribution in [2.24, 2.45) is 0 Å². The maximum absolute atomic E-state index is 10.0. The number of carbonyl (C=O) groups is 1. The van der Waals surface area contributed by atoms with Crippen molar-refractivity contribution in [3.63, 3.8) is 0 Å². The van der Waals surface area contributed by atoms with Crippen LogP contribution in [-0.2, 0) is 14.9 Å². The van der Waals surface area contributed by atoms with Crippen molar-refractivity contribution in [3.8, 4) is 0 Å². The molecule has 0 fully saturated rings. The molecule has 0 aromatic carbocycles. The molecule has 53 valence electrons. The van der Waals surface area contributed by atoms with Gasteiger partial charge in [-0.15, -0.1) is 0 Å². The normalized spacial score (nSPS) is 12.3. The van der Waals surface area contributed by atoms with Gasteiger partial charge >= 0.3 is 6.16 Å². The van der Waals surface area contributed by atoms with E-state index in [1.165, 1.54) is 0 Å². The molecule has 9 heavy (non-hydrogen) atoms.